The number of fused-ring (bicyclic) bond motifs is 1. The smallest absolute Gasteiger partial charge is 0.160 e. The van der Waals surface area contributed by atoms with Crippen LogP contribution >= 0.6 is 0 Å². The van der Waals surface area contributed by atoms with Gasteiger partial charge in [-0.15, -0.1) is 0 Å². The first-order valence-electron chi connectivity index (χ1n) is 3.54. The summed E-state index contributed by atoms with van der Waals surface area (Å²) in [5.41, 5.74) is 0.551. The molecule has 62 valence electrons. The molecule has 2 rings (SSSR count). The van der Waals surface area contributed by atoms with Gasteiger partial charge in [0.05, 0.1) is 6.33 Å². The monoisotopic (exact) mass is 164 g/mol. The highest BCUT2D eigenvalue weighted by Gasteiger charge is 2.16. The second-order valence-electron chi connectivity index (χ2n) is 2.55. The lowest BCUT2D eigenvalue weighted by molar-refractivity contribution is 0.249. The van der Waals surface area contributed by atoms with Crippen LogP contribution in [0.4, 0.5) is 5.82 Å². The number of aliphatic imine (C=N–C) groups is 2. The number of aliphatic hydroxyl groups excluding tert-OH is 1. The molecule has 0 aliphatic carbocycles. The summed E-state index contributed by atoms with van der Waals surface area (Å²) in [6.07, 6.45) is 3.67. The van der Waals surface area contributed by atoms with Crippen molar-refractivity contribution in [3.8, 4) is 0 Å². The summed E-state index contributed by atoms with van der Waals surface area (Å²) in [6.45, 7) is 0. The minimum absolute atomic E-state index is 0.551. The number of aryl methyl sites for hydroxylation is 1. The van der Waals surface area contributed by atoms with Gasteiger partial charge in [0.15, 0.2) is 5.82 Å². The normalized spacial score (nSPS) is 20.7. The van der Waals surface area contributed by atoms with Crippen molar-refractivity contribution in [1.82, 2.24) is 9.55 Å². The van der Waals surface area contributed by atoms with Crippen molar-refractivity contribution in [1.29, 1.82) is 0 Å². The molecule has 0 saturated carbocycles. The Balaban J connectivity index is 2.58. The van der Waals surface area contributed by atoms with Crippen LogP contribution in [0.2, 0.25) is 0 Å². The lowest BCUT2D eigenvalue weighted by Gasteiger charge is -1.99. The molecule has 0 radical (unpaired) electrons. The number of rotatable bonds is 0. The fourth-order valence-corrected chi connectivity index (χ4v) is 1.09. The molecule has 5 heteroatoms. The number of aromatic nitrogens is 2. The van der Waals surface area contributed by atoms with Gasteiger partial charge in [-0.1, -0.05) is 0 Å². The molecule has 1 aromatic rings. The van der Waals surface area contributed by atoms with Crippen molar-refractivity contribution in [2.45, 2.75) is 6.10 Å². The van der Waals surface area contributed by atoms with Gasteiger partial charge in [0.2, 0.25) is 0 Å². The molecule has 1 atom stereocenters. The first kappa shape index (κ1) is 7.17. The Labute approximate surface area is 69.1 Å². The Kier molecular flexibility index (Phi) is 1.51. The minimum Gasteiger partial charge on any atom is -0.381 e. The van der Waals surface area contributed by atoms with Crippen LogP contribution in [-0.2, 0) is 7.05 Å². The highest BCUT2D eigenvalue weighted by Crippen LogP contribution is 2.23. The average molecular weight is 164 g/mol. The molecule has 5 nitrogen and oxygen atoms in total. The number of nitrogens with zero attached hydrogens (tertiary/aromatic N) is 4. The average Bonchev–Trinajstić information content (AvgIpc) is 2.30. The zero-order chi connectivity index (χ0) is 8.55. The molecule has 1 N–H and O–H groups in total. The fourth-order valence-electron chi connectivity index (χ4n) is 1.09. The van der Waals surface area contributed by atoms with Gasteiger partial charge in [0.25, 0.3) is 0 Å². The summed E-state index contributed by atoms with van der Waals surface area (Å²) >= 11 is 0. The van der Waals surface area contributed by atoms with Crippen LogP contribution in [-0.4, -0.2) is 27.2 Å². The molecule has 1 aliphatic heterocycles. The maximum atomic E-state index is 9.45. The first-order valence-corrected chi connectivity index (χ1v) is 3.54. The molecule has 0 unspecified atom stereocenters. The molecular weight excluding hydrogens is 156 g/mol. The standard InChI is InChI=1S/C7H8N4O/c1-11-4-10-6-5(12)2-8-3-9-7(6)11/h2-5,12H,1H3/t5-/m1/s1. The van der Waals surface area contributed by atoms with E-state index in [1.807, 2.05) is 7.05 Å². The topological polar surface area (TPSA) is 62.8 Å². The summed E-state index contributed by atoms with van der Waals surface area (Å²) in [5.74, 6) is 0.653. The number of hydrogen-bond donors (Lipinski definition) is 1. The molecule has 1 aromatic heterocycles. The van der Waals surface area contributed by atoms with Gasteiger partial charge in [-0.05, 0) is 0 Å². The first-order chi connectivity index (χ1) is 5.79. The van der Waals surface area contributed by atoms with Gasteiger partial charge in [0, 0.05) is 13.3 Å². The third-order valence-electron chi connectivity index (χ3n) is 1.69. The Morgan fingerprint density at radius 3 is 3.25 bits per heavy atom. The summed E-state index contributed by atoms with van der Waals surface area (Å²) in [4.78, 5) is 11.8. The van der Waals surface area contributed by atoms with Gasteiger partial charge < -0.3 is 9.67 Å². The predicted molar refractivity (Wildman–Crippen MR) is 44.8 cm³/mol. The maximum absolute atomic E-state index is 9.45. The van der Waals surface area contributed by atoms with Crippen LogP contribution in [0.25, 0.3) is 0 Å². The summed E-state index contributed by atoms with van der Waals surface area (Å²) in [5, 5.41) is 9.45. The number of aliphatic hydroxyl groups is 1. The third kappa shape index (κ3) is 0.947. The van der Waals surface area contributed by atoms with Crippen LogP contribution in [0.15, 0.2) is 16.3 Å². The third-order valence-corrected chi connectivity index (χ3v) is 1.69. The molecule has 12 heavy (non-hydrogen) atoms. The lowest BCUT2D eigenvalue weighted by atomic mass is 10.3. The van der Waals surface area contributed by atoms with Gasteiger partial charge in [-0.25, -0.2) is 15.0 Å². The number of imidazole rings is 1. The van der Waals surface area contributed by atoms with E-state index < -0.39 is 6.10 Å². The molecule has 0 spiro atoms. The van der Waals surface area contributed by atoms with E-state index in [4.69, 9.17) is 0 Å². The Bertz CT molecular complexity index is 352. The van der Waals surface area contributed by atoms with Crippen LogP contribution < -0.4 is 0 Å². The van der Waals surface area contributed by atoms with E-state index in [1.165, 1.54) is 12.6 Å². The second-order valence-corrected chi connectivity index (χ2v) is 2.55. The Hall–Kier alpha value is -1.49. The van der Waals surface area contributed by atoms with E-state index in [0.717, 1.165) is 0 Å². The Morgan fingerprint density at radius 2 is 2.42 bits per heavy atom. The summed E-state index contributed by atoms with van der Waals surface area (Å²) in [6, 6.07) is 0. The molecule has 0 fully saturated rings. The predicted octanol–water partition coefficient (Wildman–Crippen LogP) is 0.198. The highest BCUT2D eigenvalue weighted by molar-refractivity contribution is 5.80. The zero-order valence-corrected chi connectivity index (χ0v) is 6.55. The van der Waals surface area contributed by atoms with Gasteiger partial charge in [-0.3, -0.25) is 0 Å². The SMILES string of the molecule is Cn1cnc2c1N=CN=C[C@H]2O. The van der Waals surface area contributed by atoms with E-state index in [2.05, 4.69) is 15.0 Å². The van der Waals surface area contributed by atoms with E-state index >= 15 is 0 Å². The maximum Gasteiger partial charge on any atom is 0.160 e. The van der Waals surface area contributed by atoms with Crippen LogP contribution in [0.1, 0.15) is 11.8 Å². The second kappa shape index (κ2) is 2.53. The van der Waals surface area contributed by atoms with Crippen molar-refractivity contribution in [3.63, 3.8) is 0 Å². The largest absolute Gasteiger partial charge is 0.381 e. The van der Waals surface area contributed by atoms with Crippen LogP contribution in [0.3, 0.4) is 0 Å². The molecule has 0 bridgehead atoms. The highest BCUT2D eigenvalue weighted by atomic mass is 16.3. The van der Waals surface area contributed by atoms with Crippen molar-refractivity contribution in [2.24, 2.45) is 17.0 Å². The van der Waals surface area contributed by atoms with Crippen molar-refractivity contribution < 1.29 is 5.11 Å². The molecule has 1 aliphatic rings. The Morgan fingerprint density at radius 1 is 1.58 bits per heavy atom. The van der Waals surface area contributed by atoms with Crippen molar-refractivity contribution in [2.75, 3.05) is 0 Å². The van der Waals surface area contributed by atoms with Crippen molar-refractivity contribution in [3.05, 3.63) is 12.0 Å². The molecule has 0 aromatic carbocycles. The summed E-state index contributed by atoms with van der Waals surface area (Å²) < 4.78 is 1.74. The minimum atomic E-state index is -0.747. The molecular formula is C7H8N4O. The van der Waals surface area contributed by atoms with Gasteiger partial charge >= 0.3 is 0 Å². The van der Waals surface area contributed by atoms with Crippen LogP contribution in [0.5, 0.6) is 0 Å². The van der Waals surface area contributed by atoms with E-state index in [-0.39, 0.29) is 0 Å². The molecule has 0 saturated heterocycles. The quantitative estimate of drug-likeness (QED) is 0.595. The molecule has 0 amide bonds. The van der Waals surface area contributed by atoms with E-state index in [9.17, 15) is 5.11 Å². The van der Waals surface area contributed by atoms with Gasteiger partial charge in [0.1, 0.15) is 18.1 Å². The summed E-state index contributed by atoms with van der Waals surface area (Å²) in [7, 11) is 1.82. The van der Waals surface area contributed by atoms with E-state index in [0.29, 0.717) is 11.5 Å². The van der Waals surface area contributed by atoms with Gasteiger partial charge in [-0.2, -0.15) is 0 Å². The molecule has 2 heterocycles. The number of hydrogen-bond acceptors (Lipinski definition) is 4. The fraction of sp³-hybridized carbons (Fsp3) is 0.286. The zero-order valence-electron chi connectivity index (χ0n) is 6.55. The van der Waals surface area contributed by atoms with Crippen LogP contribution in [0, 0.1) is 0 Å². The lowest BCUT2D eigenvalue weighted by Crippen LogP contribution is -1.98. The van der Waals surface area contributed by atoms with Crippen molar-refractivity contribution >= 4 is 18.4 Å². The van der Waals surface area contributed by atoms with E-state index in [1.54, 1.807) is 10.9 Å².